The van der Waals surface area contributed by atoms with Crippen LogP contribution in [0.1, 0.15) is 18.9 Å². The minimum absolute atomic E-state index is 0.0398. The molecule has 1 rings (SSSR count). The van der Waals surface area contributed by atoms with Gasteiger partial charge in [-0.15, -0.1) is 0 Å². The van der Waals surface area contributed by atoms with Gasteiger partial charge in [-0.3, -0.25) is 0 Å². The summed E-state index contributed by atoms with van der Waals surface area (Å²) < 4.78 is 13.1. The fourth-order valence-electron chi connectivity index (χ4n) is 1.12. The van der Waals surface area contributed by atoms with Crippen LogP contribution in [-0.4, -0.2) is 11.1 Å². The summed E-state index contributed by atoms with van der Waals surface area (Å²) in [5, 5.41) is 8.95. The maximum atomic E-state index is 13.1. The van der Waals surface area contributed by atoms with E-state index in [1.807, 2.05) is 6.92 Å². The summed E-state index contributed by atoms with van der Waals surface area (Å²) in [5.41, 5.74) is 6.15. The van der Waals surface area contributed by atoms with E-state index in [2.05, 4.69) is 0 Å². The van der Waals surface area contributed by atoms with Crippen LogP contribution in [0.3, 0.4) is 0 Å². The van der Waals surface area contributed by atoms with Crippen molar-refractivity contribution in [2.24, 2.45) is 5.73 Å². The van der Waals surface area contributed by atoms with Crippen molar-refractivity contribution < 1.29 is 9.50 Å². The Hall–Kier alpha value is -1.09. The van der Waals surface area contributed by atoms with Gasteiger partial charge in [0.2, 0.25) is 0 Å². The van der Waals surface area contributed by atoms with Gasteiger partial charge in [-0.2, -0.15) is 0 Å². The molecule has 1 atom stereocenters. The van der Waals surface area contributed by atoms with Crippen LogP contribution in [-0.2, 0) is 6.42 Å². The molecule has 0 aromatic heterocycles. The van der Waals surface area contributed by atoms with Crippen molar-refractivity contribution in [3.8, 4) is 5.75 Å². The third kappa shape index (κ3) is 3.03. The van der Waals surface area contributed by atoms with Crippen molar-refractivity contribution in [2.75, 3.05) is 0 Å². The minimum atomic E-state index is -0.361. The number of hydrogen-bond acceptors (Lipinski definition) is 2. The topological polar surface area (TPSA) is 46.2 Å². The summed E-state index contributed by atoms with van der Waals surface area (Å²) in [6.45, 7) is 1.89. The Labute approximate surface area is 77.2 Å². The molecule has 1 aromatic carbocycles. The number of phenolic OH excluding ortho intramolecular Hbond substituents is 1. The predicted octanol–water partition coefficient (Wildman–Crippen LogP) is 1.81. The number of benzene rings is 1. The summed E-state index contributed by atoms with van der Waals surface area (Å²) >= 11 is 0. The van der Waals surface area contributed by atoms with Gasteiger partial charge in [0.15, 0.2) is 0 Å². The highest BCUT2D eigenvalue weighted by Gasteiger charge is 2.03. The Balaban J connectivity index is 2.67. The maximum Gasteiger partial charge on any atom is 0.130 e. The molecule has 0 radical (unpaired) electrons. The van der Waals surface area contributed by atoms with Gasteiger partial charge in [0, 0.05) is 12.1 Å². The Bertz CT molecular complexity index is 286. The lowest BCUT2D eigenvalue weighted by Gasteiger charge is -2.05. The lowest BCUT2D eigenvalue weighted by molar-refractivity contribution is 0.467. The molecule has 0 fully saturated rings. The molecule has 0 amide bonds. The zero-order chi connectivity index (χ0) is 9.84. The third-order valence-corrected chi connectivity index (χ3v) is 1.91. The van der Waals surface area contributed by atoms with E-state index in [1.54, 1.807) is 6.07 Å². The average molecular weight is 183 g/mol. The molecule has 13 heavy (non-hydrogen) atoms. The van der Waals surface area contributed by atoms with E-state index in [4.69, 9.17) is 10.8 Å². The smallest absolute Gasteiger partial charge is 0.130 e. The first-order valence-corrected chi connectivity index (χ1v) is 4.32. The summed E-state index contributed by atoms with van der Waals surface area (Å²) in [6, 6.07) is 4.27. The average Bonchev–Trinajstić information content (AvgIpc) is 2.02. The van der Waals surface area contributed by atoms with Crippen LogP contribution in [0, 0.1) is 5.82 Å². The molecule has 1 aromatic rings. The fraction of sp³-hybridized carbons (Fsp3) is 0.400. The standard InChI is InChI=1S/C10H14FNO/c1-7(12)2-3-8-4-5-9(13)6-10(8)11/h4-7,13H,2-3,12H2,1H3/t7-/m0/s1. The number of aryl methyl sites for hydroxylation is 1. The van der Waals surface area contributed by atoms with Gasteiger partial charge in [0.05, 0.1) is 0 Å². The zero-order valence-electron chi connectivity index (χ0n) is 7.63. The minimum Gasteiger partial charge on any atom is -0.508 e. The van der Waals surface area contributed by atoms with E-state index >= 15 is 0 Å². The van der Waals surface area contributed by atoms with Crippen molar-refractivity contribution in [2.45, 2.75) is 25.8 Å². The van der Waals surface area contributed by atoms with Crippen LogP contribution in [0.2, 0.25) is 0 Å². The highest BCUT2D eigenvalue weighted by molar-refractivity contribution is 5.27. The molecule has 3 heteroatoms. The molecule has 0 bridgehead atoms. The van der Waals surface area contributed by atoms with Crippen molar-refractivity contribution >= 4 is 0 Å². The number of aromatic hydroxyl groups is 1. The van der Waals surface area contributed by atoms with Crippen LogP contribution >= 0.6 is 0 Å². The Kier molecular flexibility index (Phi) is 3.25. The van der Waals surface area contributed by atoms with Gasteiger partial charge < -0.3 is 10.8 Å². The SMILES string of the molecule is C[C@H](N)CCc1ccc(O)cc1F. The van der Waals surface area contributed by atoms with Crippen LogP contribution in [0.5, 0.6) is 5.75 Å². The summed E-state index contributed by atoms with van der Waals surface area (Å²) in [5.74, 6) is -0.400. The fourth-order valence-corrected chi connectivity index (χ4v) is 1.12. The molecule has 0 saturated carbocycles. The maximum absolute atomic E-state index is 13.1. The first-order valence-electron chi connectivity index (χ1n) is 4.32. The van der Waals surface area contributed by atoms with E-state index in [0.29, 0.717) is 12.0 Å². The number of hydrogen-bond donors (Lipinski definition) is 2. The van der Waals surface area contributed by atoms with E-state index in [-0.39, 0.29) is 17.6 Å². The third-order valence-electron chi connectivity index (χ3n) is 1.91. The molecule has 0 unspecified atom stereocenters. The van der Waals surface area contributed by atoms with Crippen LogP contribution in [0.4, 0.5) is 4.39 Å². The molecular formula is C10H14FNO. The van der Waals surface area contributed by atoms with E-state index in [1.165, 1.54) is 6.07 Å². The van der Waals surface area contributed by atoms with E-state index < -0.39 is 0 Å². The first-order chi connectivity index (χ1) is 6.09. The Morgan fingerprint density at radius 1 is 1.54 bits per heavy atom. The first kappa shape index (κ1) is 9.99. The molecule has 0 saturated heterocycles. The van der Waals surface area contributed by atoms with Gasteiger partial charge in [-0.1, -0.05) is 6.07 Å². The highest BCUT2D eigenvalue weighted by Crippen LogP contribution is 2.16. The van der Waals surface area contributed by atoms with Crippen molar-refractivity contribution in [1.29, 1.82) is 0 Å². The number of nitrogens with two attached hydrogens (primary N) is 1. The normalized spacial score (nSPS) is 12.8. The molecule has 0 aliphatic rings. The molecule has 3 N–H and O–H groups in total. The highest BCUT2D eigenvalue weighted by atomic mass is 19.1. The molecule has 0 heterocycles. The van der Waals surface area contributed by atoms with Crippen LogP contribution in [0.25, 0.3) is 0 Å². The summed E-state index contributed by atoms with van der Waals surface area (Å²) in [4.78, 5) is 0. The van der Waals surface area contributed by atoms with E-state index in [9.17, 15) is 4.39 Å². The second-order valence-corrected chi connectivity index (χ2v) is 3.29. The molecule has 0 aliphatic carbocycles. The van der Waals surface area contributed by atoms with Gasteiger partial charge in [-0.25, -0.2) is 4.39 Å². The lowest BCUT2D eigenvalue weighted by atomic mass is 10.1. The van der Waals surface area contributed by atoms with Gasteiger partial charge >= 0.3 is 0 Å². The molecule has 0 spiro atoms. The number of phenols is 1. The second-order valence-electron chi connectivity index (χ2n) is 3.29. The van der Waals surface area contributed by atoms with Crippen LogP contribution in [0.15, 0.2) is 18.2 Å². The lowest BCUT2D eigenvalue weighted by Crippen LogP contribution is -2.15. The van der Waals surface area contributed by atoms with Crippen molar-refractivity contribution in [3.05, 3.63) is 29.6 Å². The number of halogens is 1. The summed E-state index contributed by atoms with van der Waals surface area (Å²) in [6.07, 6.45) is 1.37. The molecular weight excluding hydrogens is 169 g/mol. The Morgan fingerprint density at radius 2 is 2.23 bits per heavy atom. The zero-order valence-corrected chi connectivity index (χ0v) is 7.63. The molecule has 0 aliphatic heterocycles. The van der Waals surface area contributed by atoms with Gasteiger partial charge in [0.25, 0.3) is 0 Å². The van der Waals surface area contributed by atoms with Crippen molar-refractivity contribution in [1.82, 2.24) is 0 Å². The largest absolute Gasteiger partial charge is 0.508 e. The Morgan fingerprint density at radius 3 is 2.77 bits per heavy atom. The van der Waals surface area contributed by atoms with Crippen molar-refractivity contribution in [3.63, 3.8) is 0 Å². The quantitative estimate of drug-likeness (QED) is 0.750. The van der Waals surface area contributed by atoms with Crippen LogP contribution < -0.4 is 5.73 Å². The summed E-state index contributed by atoms with van der Waals surface area (Å²) in [7, 11) is 0. The monoisotopic (exact) mass is 183 g/mol. The second kappa shape index (κ2) is 4.23. The van der Waals surface area contributed by atoms with Gasteiger partial charge in [-0.05, 0) is 31.4 Å². The van der Waals surface area contributed by atoms with Gasteiger partial charge in [0.1, 0.15) is 11.6 Å². The molecule has 2 nitrogen and oxygen atoms in total. The molecule has 72 valence electrons. The number of rotatable bonds is 3. The van der Waals surface area contributed by atoms with E-state index in [0.717, 1.165) is 12.5 Å². The predicted molar refractivity (Wildman–Crippen MR) is 50.0 cm³/mol.